The molecule has 0 atom stereocenters. The lowest BCUT2D eigenvalue weighted by molar-refractivity contribution is 0.295. The standard InChI is InChI=1S/C10H16N2O/c1-11-8-7-10(13)12(11)9-5-3-2-4-6-9/h7-9H,2-6H2,1H3. The van der Waals surface area contributed by atoms with Gasteiger partial charge in [-0.15, -0.1) is 0 Å². The zero-order valence-corrected chi connectivity index (χ0v) is 8.07. The molecule has 0 aromatic carbocycles. The highest BCUT2D eigenvalue weighted by atomic mass is 16.1. The Hall–Kier alpha value is -0.990. The zero-order chi connectivity index (χ0) is 9.26. The molecule has 0 aliphatic heterocycles. The first-order valence-corrected chi connectivity index (χ1v) is 5.03. The van der Waals surface area contributed by atoms with Gasteiger partial charge in [0.1, 0.15) is 0 Å². The largest absolute Gasteiger partial charge is 0.293 e. The normalized spacial score (nSPS) is 19.2. The Bertz CT molecular complexity index is 331. The molecule has 1 aliphatic carbocycles. The van der Waals surface area contributed by atoms with E-state index in [0.29, 0.717) is 6.04 Å². The summed E-state index contributed by atoms with van der Waals surface area (Å²) in [6.45, 7) is 0. The molecule has 1 heterocycles. The van der Waals surface area contributed by atoms with Gasteiger partial charge in [-0.05, 0) is 12.8 Å². The van der Waals surface area contributed by atoms with Gasteiger partial charge in [0.15, 0.2) is 0 Å². The average Bonchev–Trinajstić information content (AvgIpc) is 2.48. The van der Waals surface area contributed by atoms with Crippen LogP contribution in [0.15, 0.2) is 17.1 Å². The summed E-state index contributed by atoms with van der Waals surface area (Å²) in [6, 6.07) is 2.09. The third kappa shape index (κ3) is 1.55. The van der Waals surface area contributed by atoms with Crippen molar-refractivity contribution in [2.24, 2.45) is 7.05 Å². The summed E-state index contributed by atoms with van der Waals surface area (Å²) in [5.74, 6) is 0. The summed E-state index contributed by atoms with van der Waals surface area (Å²) in [6.07, 6.45) is 8.03. The van der Waals surface area contributed by atoms with Crippen LogP contribution in [0.1, 0.15) is 38.1 Å². The van der Waals surface area contributed by atoms with Crippen molar-refractivity contribution in [1.29, 1.82) is 0 Å². The number of nitrogens with zero attached hydrogens (tertiary/aromatic N) is 2. The van der Waals surface area contributed by atoms with Gasteiger partial charge in [-0.1, -0.05) is 19.3 Å². The van der Waals surface area contributed by atoms with E-state index in [-0.39, 0.29) is 5.56 Å². The molecule has 72 valence electrons. The predicted molar refractivity (Wildman–Crippen MR) is 51.8 cm³/mol. The van der Waals surface area contributed by atoms with Gasteiger partial charge >= 0.3 is 0 Å². The van der Waals surface area contributed by atoms with Crippen molar-refractivity contribution in [2.75, 3.05) is 0 Å². The van der Waals surface area contributed by atoms with Crippen molar-refractivity contribution in [3.05, 3.63) is 22.6 Å². The first-order valence-electron chi connectivity index (χ1n) is 5.03. The Labute approximate surface area is 78.0 Å². The van der Waals surface area contributed by atoms with Crippen molar-refractivity contribution in [2.45, 2.75) is 38.1 Å². The first-order chi connectivity index (χ1) is 6.29. The molecule has 0 spiro atoms. The zero-order valence-electron chi connectivity index (χ0n) is 8.07. The van der Waals surface area contributed by atoms with Crippen LogP contribution < -0.4 is 5.56 Å². The Morgan fingerprint density at radius 3 is 2.54 bits per heavy atom. The summed E-state index contributed by atoms with van der Waals surface area (Å²) >= 11 is 0. The van der Waals surface area contributed by atoms with Gasteiger partial charge < -0.3 is 0 Å². The Morgan fingerprint density at radius 2 is 2.00 bits per heavy atom. The third-order valence-corrected chi connectivity index (χ3v) is 2.92. The molecule has 13 heavy (non-hydrogen) atoms. The van der Waals surface area contributed by atoms with Gasteiger partial charge in [0.05, 0.1) is 6.04 Å². The fraction of sp³-hybridized carbons (Fsp3) is 0.700. The fourth-order valence-electron chi connectivity index (χ4n) is 2.24. The molecule has 1 fully saturated rings. The lowest BCUT2D eigenvalue weighted by Crippen LogP contribution is -2.27. The molecule has 3 nitrogen and oxygen atoms in total. The second-order valence-electron chi connectivity index (χ2n) is 3.86. The van der Waals surface area contributed by atoms with E-state index in [1.54, 1.807) is 6.07 Å². The smallest absolute Gasteiger partial charge is 0.266 e. The highest BCUT2D eigenvalue weighted by molar-refractivity contribution is 4.86. The number of rotatable bonds is 1. The quantitative estimate of drug-likeness (QED) is 0.646. The van der Waals surface area contributed by atoms with Gasteiger partial charge in [-0.3, -0.25) is 9.48 Å². The molecule has 0 radical (unpaired) electrons. The number of hydrogen-bond acceptors (Lipinski definition) is 1. The summed E-state index contributed by atoms with van der Waals surface area (Å²) in [7, 11) is 1.94. The number of aryl methyl sites for hydroxylation is 1. The molecule has 0 saturated heterocycles. The maximum atomic E-state index is 11.5. The molecule has 1 aromatic rings. The molecule has 0 unspecified atom stereocenters. The van der Waals surface area contributed by atoms with Gasteiger partial charge in [-0.2, -0.15) is 0 Å². The van der Waals surface area contributed by atoms with Crippen LogP contribution >= 0.6 is 0 Å². The molecule has 0 N–H and O–H groups in total. The monoisotopic (exact) mass is 180 g/mol. The summed E-state index contributed by atoms with van der Waals surface area (Å²) in [5, 5.41) is 0. The van der Waals surface area contributed by atoms with E-state index in [4.69, 9.17) is 0 Å². The minimum Gasteiger partial charge on any atom is -0.293 e. The van der Waals surface area contributed by atoms with Crippen molar-refractivity contribution in [3.63, 3.8) is 0 Å². The predicted octanol–water partition coefficient (Wildman–Crippen LogP) is 1.69. The first kappa shape index (κ1) is 8.60. The van der Waals surface area contributed by atoms with E-state index in [1.807, 2.05) is 22.6 Å². The van der Waals surface area contributed by atoms with Crippen LogP contribution in [0.2, 0.25) is 0 Å². The Morgan fingerprint density at radius 1 is 1.31 bits per heavy atom. The molecule has 0 amide bonds. The van der Waals surface area contributed by atoms with E-state index in [9.17, 15) is 4.79 Å². The van der Waals surface area contributed by atoms with Crippen LogP contribution in [0, 0.1) is 0 Å². The molecule has 1 aliphatic rings. The minimum atomic E-state index is 0.148. The summed E-state index contributed by atoms with van der Waals surface area (Å²) in [5.41, 5.74) is 0.148. The second-order valence-corrected chi connectivity index (χ2v) is 3.86. The number of hydrogen-bond donors (Lipinski definition) is 0. The molecule has 2 rings (SSSR count). The van der Waals surface area contributed by atoms with Gasteiger partial charge in [0.2, 0.25) is 0 Å². The van der Waals surface area contributed by atoms with E-state index >= 15 is 0 Å². The van der Waals surface area contributed by atoms with Crippen molar-refractivity contribution in [3.8, 4) is 0 Å². The molecule has 0 bridgehead atoms. The van der Waals surface area contributed by atoms with Gasteiger partial charge in [-0.25, -0.2) is 4.68 Å². The maximum absolute atomic E-state index is 11.5. The van der Waals surface area contributed by atoms with Crippen molar-refractivity contribution < 1.29 is 0 Å². The molecule has 1 saturated carbocycles. The second kappa shape index (κ2) is 3.40. The van der Waals surface area contributed by atoms with Crippen LogP contribution in [-0.2, 0) is 7.05 Å². The topological polar surface area (TPSA) is 26.9 Å². The average molecular weight is 180 g/mol. The highest BCUT2D eigenvalue weighted by Gasteiger charge is 2.17. The fourth-order valence-corrected chi connectivity index (χ4v) is 2.24. The molecular weight excluding hydrogens is 164 g/mol. The SMILES string of the molecule is Cn1ccc(=O)n1C1CCCCC1. The number of aromatic nitrogens is 2. The Balaban J connectivity index is 2.27. The molecule has 3 heteroatoms. The minimum absolute atomic E-state index is 0.148. The van der Waals surface area contributed by atoms with Crippen molar-refractivity contribution in [1.82, 2.24) is 9.36 Å². The van der Waals surface area contributed by atoms with E-state index in [1.165, 1.54) is 19.3 Å². The van der Waals surface area contributed by atoms with Crippen LogP contribution in [0.5, 0.6) is 0 Å². The Kier molecular flexibility index (Phi) is 2.25. The summed E-state index contributed by atoms with van der Waals surface area (Å²) < 4.78 is 3.80. The van der Waals surface area contributed by atoms with Crippen LogP contribution in [0.25, 0.3) is 0 Å². The van der Waals surface area contributed by atoms with Gasteiger partial charge in [0.25, 0.3) is 5.56 Å². The third-order valence-electron chi connectivity index (χ3n) is 2.92. The summed E-state index contributed by atoms with van der Waals surface area (Å²) in [4.78, 5) is 11.5. The van der Waals surface area contributed by atoms with E-state index in [2.05, 4.69) is 0 Å². The van der Waals surface area contributed by atoms with Crippen LogP contribution in [0.4, 0.5) is 0 Å². The lowest BCUT2D eigenvalue weighted by atomic mass is 9.96. The maximum Gasteiger partial charge on any atom is 0.266 e. The van der Waals surface area contributed by atoms with Crippen LogP contribution in [0.3, 0.4) is 0 Å². The molecule has 1 aromatic heterocycles. The van der Waals surface area contributed by atoms with E-state index in [0.717, 1.165) is 12.8 Å². The molecular formula is C10H16N2O. The highest BCUT2D eigenvalue weighted by Crippen LogP contribution is 2.26. The lowest BCUT2D eigenvalue weighted by Gasteiger charge is -2.24. The van der Waals surface area contributed by atoms with Gasteiger partial charge in [0, 0.05) is 19.3 Å². The van der Waals surface area contributed by atoms with E-state index < -0.39 is 0 Å². The van der Waals surface area contributed by atoms with Crippen molar-refractivity contribution >= 4 is 0 Å². The van der Waals surface area contributed by atoms with Crippen LogP contribution in [-0.4, -0.2) is 9.36 Å².